The molecule has 0 spiro atoms. The third-order valence-corrected chi connectivity index (χ3v) is 7.51. The number of anilines is 1. The SMILES string of the molecule is CCOc1ccc2nc(N3C(=O)C(O)=C(C(=O)c4cc5cc(Cl)cc(OC)c5o4)C3c3ccccn3)sc2c1. The van der Waals surface area contributed by atoms with E-state index < -0.39 is 23.5 Å². The van der Waals surface area contributed by atoms with Crippen LogP contribution in [0, 0.1) is 0 Å². The van der Waals surface area contributed by atoms with Crippen molar-refractivity contribution in [2.45, 2.75) is 13.0 Å². The van der Waals surface area contributed by atoms with Gasteiger partial charge in [-0.05, 0) is 49.4 Å². The van der Waals surface area contributed by atoms with E-state index in [9.17, 15) is 14.7 Å². The Bertz CT molecular complexity index is 1800. The number of nitrogens with zero attached hydrogens (tertiary/aromatic N) is 3. The number of thiazole rings is 1. The number of hydrogen-bond donors (Lipinski definition) is 1. The molecular weight excluding hydrogens is 542 g/mol. The van der Waals surface area contributed by atoms with Crippen LogP contribution < -0.4 is 14.4 Å². The van der Waals surface area contributed by atoms with Crippen LogP contribution in [0.3, 0.4) is 0 Å². The van der Waals surface area contributed by atoms with Gasteiger partial charge in [-0.2, -0.15) is 0 Å². The number of ether oxygens (including phenoxy) is 2. The largest absolute Gasteiger partial charge is 0.503 e. The first-order chi connectivity index (χ1) is 18.9. The minimum absolute atomic E-state index is 0.0895. The molecule has 6 rings (SSSR count). The molecule has 11 heteroatoms. The van der Waals surface area contributed by atoms with Crippen LogP contribution in [-0.4, -0.2) is 40.5 Å². The number of fused-ring (bicyclic) bond motifs is 2. The number of amides is 1. The maximum atomic E-state index is 13.9. The molecule has 1 amide bonds. The number of aliphatic hydroxyl groups excluding tert-OH is 1. The quantitative estimate of drug-likeness (QED) is 0.231. The van der Waals surface area contributed by atoms with E-state index in [-0.39, 0.29) is 11.3 Å². The summed E-state index contributed by atoms with van der Waals surface area (Å²) in [6.45, 7) is 2.40. The molecule has 0 aliphatic carbocycles. The van der Waals surface area contributed by atoms with Gasteiger partial charge < -0.3 is 19.0 Å². The van der Waals surface area contributed by atoms with Crippen molar-refractivity contribution < 1.29 is 28.6 Å². The third-order valence-electron chi connectivity index (χ3n) is 6.28. The molecule has 5 aromatic rings. The fraction of sp³-hybridized carbons (Fsp3) is 0.143. The van der Waals surface area contributed by atoms with Gasteiger partial charge in [-0.25, -0.2) is 4.98 Å². The minimum Gasteiger partial charge on any atom is -0.503 e. The Balaban J connectivity index is 1.47. The lowest BCUT2D eigenvalue weighted by Crippen LogP contribution is -2.31. The molecule has 0 bridgehead atoms. The predicted molar refractivity (Wildman–Crippen MR) is 147 cm³/mol. The summed E-state index contributed by atoms with van der Waals surface area (Å²) in [4.78, 5) is 37.7. The maximum absolute atomic E-state index is 13.9. The van der Waals surface area contributed by atoms with E-state index in [1.165, 1.54) is 29.4 Å². The molecule has 0 fully saturated rings. The molecule has 4 heterocycles. The Morgan fingerprint density at radius 3 is 2.79 bits per heavy atom. The van der Waals surface area contributed by atoms with Crippen molar-refractivity contribution in [3.8, 4) is 11.5 Å². The molecule has 9 nitrogen and oxygen atoms in total. The lowest BCUT2D eigenvalue weighted by atomic mass is 9.98. The molecule has 2 aromatic carbocycles. The maximum Gasteiger partial charge on any atom is 0.296 e. The predicted octanol–water partition coefficient (Wildman–Crippen LogP) is 6.28. The standard InChI is InChI=1S/C28H20ClN3O6S/c1-3-37-16-7-8-17-21(13-16)39-28(31-17)32-23(18-6-4-5-9-30-18)22(25(34)27(32)35)24(33)19-11-14-10-15(29)12-20(36-2)26(14)38-19/h4-13,23,34H,3H2,1-2H3. The van der Waals surface area contributed by atoms with Crippen LogP contribution in [0.25, 0.3) is 21.2 Å². The number of Topliss-reactive ketones (excluding diaryl/α,β-unsaturated/α-hetero) is 1. The Morgan fingerprint density at radius 1 is 1.21 bits per heavy atom. The van der Waals surface area contributed by atoms with Gasteiger partial charge in [0.25, 0.3) is 5.91 Å². The van der Waals surface area contributed by atoms with E-state index in [2.05, 4.69) is 9.97 Å². The van der Waals surface area contributed by atoms with Crippen molar-refractivity contribution in [2.24, 2.45) is 0 Å². The van der Waals surface area contributed by atoms with E-state index in [1.807, 2.05) is 13.0 Å². The number of carbonyl (C=O) groups is 2. The number of hydrogen-bond acceptors (Lipinski definition) is 9. The number of aliphatic hydroxyl groups is 1. The van der Waals surface area contributed by atoms with Gasteiger partial charge in [0.15, 0.2) is 28.0 Å². The summed E-state index contributed by atoms with van der Waals surface area (Å²) in [6, 6.07) is 14.2. The fourth-order valence-electron chi connectivity index (χ4n) is 4.59. The Hall–Kier alpha value is -4.41. The zero-order valence-electron chi connectivity index (χ0n) is 20.7. The molecule has 1 N–H and O–H groups in total. The number of carbonyl (C=O) groups excluding carboxylic acids is 2. The van der Waals surface area contributed by atoms with E-state index in [0.29, 0.717) is 50.4 Å². The van der Waals surface area contributed by atoms with Gasteiger partial charge in [0, 0.05) is 22.7 Å². The molecule has 1 aliphatic rings. The van der Waals surface area contributed by atoms with Crippen LogP contribution in [0.15, 0.2) is 76.5 Å². The fourth-order valence-corrected chi connectivity index (χ4v) is 5.82. The highest BCUT2D eigenvalue weighted by Gasteiger charge is 2.47. The van der Waals surface area contributed by atoms with Crippen LogP contribution in [0.1, 0.15) is 29.2 Å². The van der Waals surface area contributed by atoms with Gasteiger partial charge in [0.2, 0.25) is 5.78 Å². The van der Waals surface area contributed by atoms with Crippen LogP contribution in [-0.2, 0) is 4.79 Å². The van der Waals surface area contributed by atoms with Crippen molar-refractivity contribution >= 4 is 60.9 Å². The van der Waals surface area contributed by atoms with E-state index in [1.54, 1.807) is 48.7 Å². The number of benzene rings is 2. The number of furan rings is 1. The molecule has 1 aliphatic heterocycles. The van der Waals surface area contributed by atoms with E-state index in [0.717, 1.165) is 4.70 Å². The zero-order valence-corrected chi connectivity index (χ0v) is 22.2. The zero-order chi connectivity index (χ0) is 27.3. The number of pyridine rings is 1. The summed E-state index contributed by atoms with van der Waals surface area (Å²) < 4.78 is 17.6. The second-order valence-electron chi connectivity index (χ2n) is 8.62. The van der Waals surface area contributed by atoms with Crippen LogP contribution in [0.4, 0.5) is 5.13 Å². The van der Waals surface area contributed by atoms with Gasteiger partial charge in [0.1, 0.15) is 11.8 Å². The van der Waals surface area contributed by atoms with Gasteiger partial charge in [0.05, 0.1) is 35.2 Å². The number of rotatable bonds is 7. The summed E-state index contributed by atoms with van der Waals surface area (Å²) in [7, 11) is 1.46. The van der Waals surface area contributed by atoms with Crippen molar-refractivity contribution in [1.82, 2.24) is 9.97 Å². The highest BCUT2D eigenvalue weighted by atomic mass is 35.5. The first-order valence-corrected chi connectivity index (χ1v) is 13.1. The summed E-state index contributed by atoms with van der Waals surface area (Å²) in [6.07, 6.45) is 1.55. The Kier molecular flexibility index (Phi) is 6.20. The average Bonchev–Trinajstić information content (AvgIpc) is 3.62. The first kappa shape index (κ1) is 24.9. The van der Waals surface area contributed by atoms with Crippen LogP contribution in [0.5, 0.6) is 11.5 Å². The first-order valence-electron chi connectivity index (χ1n) is 11.9. The number of halogens is 1. The minimum atomic E-state index is -1.04. The van der Waals surface area contributed by atoms with Crippen LogP contribution >= 0.6 is 22.9 Å². The van der Waals surface area contributed by atoms with Gasteiger partial charge >= 0.3 is 0 Å². The second kappa shape index (κ2) is 9.72. The lowest BCUT2D eigenvalue weighted by Gasteiger charge is -2.23. The molecule has 0 saturated heterocycles. The molecule has 196 valence electrons. The molecule has 0 saturated carbocycles. The number of ketones is 1. The molecular formula is C28H20ClN3O6S. The van der Waals surface area contributed by atoms with Gasteiger partial charge in [-0.1, -0.05) is 29.0 Å². The monoisotopic (exact) mass is 561 g/mol. The van der Waals surface area contributed by atoms with Crippen molar-refractivity contribution in [3.63, 3.8) is 0 Å². The average molecular weight is 562 g/mol. The molecule has 3 aromatic heterocycles. The Morgan fingerprint density at radius 2 is 2.05 bits per heavy atom. The highest BCUT2D eigenvalue weighted by Crippen LogP contribution is 2.44. The molecule has 1 unspecified atom stereocenters. The van der Waals surface area contributed by atoms with E-state index in [4.69, 9.17) is 25.5 Å². The third kappa shape index (κ3) is 4.18. The van der Waals surface area contributed by atoms with E-state index >= 15 is 0 Å². The van der Waals surface area contributed by atoms with Crippen molar-refractivity contribution in [3.05, 3.63) is 88.6 Å². The number of methoxy groups -OCH3 is 1. The molecule has 0 radical (unpaired) electrons. The summed E-state index contributed by atoms with van der Waals surface area (Å²) in [5.74, 6) is -1.21. The summed E-state index contributed by atoms with van der Waals surface area (Å²) in [5.41, 5.74) is 1.17. The number of aromatic nitrogens is 2. The van der Waals surface area contributed by atoms with Crippen molar-refractivity contribution in [1.29, 1.82) is 0 Å². The normalized spacial score (nSPS) is 15.5. The van der Waals surface area contributed by atoms with Crippen LogP contribution in [0.2, 0.25) is 5.02 Å². The second-order valence-corrected chi connectivity index (χ2v) is 10.1. The summed E-state index contributed by atoms with van der Waals surface area (Å²) >= 11 is 7.42. The topological polar surface area (TPSA) is 115 Å². The molecule has 1 atom stereocenters. The Labute approximate surface area is 230 Å². The van der Waals surface area contributed by atoms with Gasteiger partial charge in [-0.3, -0.25) is 19.5 Å². The van der Waals surface area contributed by atoms with Crippen molar-refractivity contribution in [2.75, 3.05) is 18.6 Å². The van der Waals surface area contributed by atoms with Gasteiger partial charge in [-0.15, -0.1) is 0 Å². The highest BCUT2D eigenvalue weighted by molar-refractivity contribution is 7.22. The lowest BCUT2D eigenvalue weighted by molar-refractivity contribution is -0.117. The summed E-state index contributed by atoms with van der Waals surface area (Å²) in [5, 5.41) is 12.3. The molecule has 39 heavy (non-hydrogen) atoms. The smallest absolute Gasteiger partial charge is 0.296 e.